The van der Waals surface area contributed by atoms with Gasteiger partial charge in [0.15, 0.2) is 0 Å². The van der Waals surface area contributed by atoms with E-state index < -0.39 is 32.6 Å². The van der Waals surface area contributed by atoms with Crippen LogP contribution < -0.4 is 0 Å². The third kappa shape index (κ3) is 2.38. The molecule has 0 spiro atoms. The van der Waals surface area contributed by atoms with Crippen molar-refractivity contribution in [1.82, 2.24) is 0 Å². The molecule has 4 nitrogen and oxygen atoms in total. The SMILES string of the molecule is O=[N+]([O-])c1c(Br)cc(O)cc1C(F)(F)F. The molecule has 0 unspecified atom stereocenters. The average molecular weight is 286 g/mol. The summed E-state index contributed by atoms with van der Waals surface area (Å²) in [7, 11) is 0. The van der Waals surface area contributed by atoms with E-state index >= 15 is 0 Å². The number of halogens is 4. The number of nitrogens with zero attached hydrogens (tertiary/aromatic N) is 1. The van der Waals surface area contributed by atoms with Gasteiger partial charge in [-0.1, -0.05) is 0 Å². The van der Waals surface area contributed by atoms with Crippen LogP contribution in [0.4, 0.5) is 18.9 Å². The van der Waals surface area contributed by atoms with Crippen molar-refractivity contribution in [2.45, 2.75) is 6.18 Å². The Balaban J connectivity index is 3.54. The summed E-state index contributed by atoms with van der Waals surface area (Å²) >= 11 is 2.59. The monoisotopic (exact) mass is 285 g/mol. The lowest BCUT2D eigenvalue weighted by atomic mass is 10.1. The molecule has 0 radical (unpaired) electrons. The van der Waals surface area contributed by atoms with Crippen LogP contribution >= 0.6 is 15.9 Å². The van der Waals surface area contributed by atoms with E-state index in [0.29, 0.717) is 6.07 Å². The Labute approximate surface area is 89.6 Å². The first-order valence-corrected chi connectivity index (χ1v) is 4.27. The van der Waals surface area contributed by atoms with Gasteiger partial charge in [0.05, 0.1) is 9.40 Å². The fraction of sp³-hybridized carbons (Fsp3) is 0.143. The van der Waals surface area contributed by atoms with Crippen molar-refractivity contribution < 1.29 is 23.2 Å². The minimum absolute atomic E-state index is 0.308. The summed E-state index contributed by atoms with van der Waals surface area (Å²) in [5.41, 5.74) is -2.60. The third-order valence-electron chi connectivity index (χ3n) is 1.54. The highest BCUT2D eigenvalue weighted by Crippen LogP contribution is 2.42. The molecule has 0 amide bonds. The minimum Gasteiger partial charge on any atom is -0.508 e. The molecular formula is C7H3BrF3NO3. The first-order chi connectivity index (χ1) is 6.73. The van der Waals surface area contributed by atoms with Crippen LogP contribution in [0.3, 0.4) is 0 Å². The zero-order valence-electron chi connectivity index (χ0n) is 6.88. The average Bonchev–Trinajstić information content (AvgIpc) is 1.99. The van der Waals surface area contributed by atoms with Crippen molar-refractivity contribution in [1.29, 1.82) is 0 Å². The lowest BCUT2D eigenvalue weighted by molar-refractivity contribution is -0.388. The van der Waals surface area contributed by atoms with E-state index in [-0.39, 0.29) is 0 Å². The van der Waals surface area contributed by atoms with E-state index in [2.05, 4.69) is 15.9 Å². The van der Waals surface area contributed by atoms with Crippen molar-refractivity contribution in [2.75, 3.05) is 0 Å². The zero-order valence-corrected chi connectivity index (χ0v) is 8.46. The largest absolute Gasteiger partial charge is 0.508 e. The van der Waals surface area contributed by atoms with E-state index in [1.54, 1.807) is 0 Å². The molecule has 0 saturated heterocycles. The molecule has 15 heavy (non-hydrogen) atoms. The van der Waals surface area contributed by atoms with Gasteiger partial charge in [-0.3, -0.25) is 10.1 Å². The maximum absolute atomic E-state index is 12.3. The van der Waals surface area contributed by atoms with Crippen LogP contribution in [0.25, 0.3) is 0 Å². The second-order valence-corrected chi connectivity index (χ2v) is 3.43. The van der Waals surface area contributed by atoms with E-state index in [4.69, 9.17) is 5.11 Å². The molecule has 0 aliphatic carbocycles. The molecule has 0 bridgehead atoms. The van der Waals surface area contributed by atoms with Gasteiger partial charge in [-0.25, -0.2) is 0 Å². The van der Waals surface area contributed by atoms with Gasteiger partial charge in [-0.05, 0) is 22.0 Å². The van der Waals surface area contributed by atoms with Crippen LogP contribution in [-0.4, -0.2) is 10.0 Å². The summed E-state index contributed by atoms with van der Waals surface area (Å²) in [5.74, 6) is -0.695. The molecule has 1 rings (SSSR count). The van der Waals surface area contributed by atoms with Gasteiger partial charge in [0.1, 0.15) is 11.3 Å². The molecule has 0 fully saturated rings. The summed E-state index contributed by atoms with van der Waals surface area (Å²) in [5, 5.41) is 19.3. The first-order valence-electron chi connectivity index (χ1n) is 3.47. The smallest absolute Gasteiger partial charge is 0.423 e. The molecule has 0 heterocycles. The normalized spacial score (nSPS) is 11.5. The second kappa shape index (κ2) is 3.69. The van der Waals surface area contributed by atoms with Crippen molar-refractivity contribution in [2.24, 2.45) is 0 Å². The van der Waals surface area contributed by atoms with Crippen LogP contribution in [0.5, 0.6) is 5.75 Å². The molecule has 0 saturated carbocycles. The number of nitro benzene ring substituents is 1. The maximum Gasteiger partial charge on any atom is 0.423 e. The van der Waals surface area contributed by atoms with Gasteiger partial charge in [0.25, 0.3) is 5.69 Å². The number of hydrogen-bond donors (Lipinski definition) is 1. The molecule has 0 aromatic heterocycles. The van der Waals surface area contributed by atoms with Crippen LogP contribution in [0, 0.1) is 10.1 Å². The quantitative estimate of drug-likeness (QED) is 0.637. The van der Waals surface area contributed by atoms with Crippen LogP contribution in [-0.2, 0) is 6.18 Å². The second-order valence-electron chi connectivity index (χ2n) is 2.58. The number of alkyl halides is 3. The Morgan fingerprint density at radius 2 is 1.93 bits per heavy atom. The van der Waals surface area contributed by atoms with Gasteiger partial charge in [0, 0.05) is 6.07 Å². The summed E-state index contributed by atoms with van der Waals surface area (Å²) < 4.78 is 36.6. The van der Waals surface area contributed by atoms with E-state index in [1.807, 2.05) is 0 Å². The van der Waals surface area contributed by atoms with Crippen molar-refractivity contribution in [3.05, 3.63) is 32.3 Å². The predicted octanol–water partition coefficient (Wildman–Crippen LogP) is 3.08. The van der Waals surface area contributed by atoms with E-state index in [0.717, 1.165) is 6.07 Å². The van der Waals surface area contributed by atoms with E-state index in [1.165, 1.54) is 0 Å². The molecule has 0 aliphatic heterocycles. The highest BCUT2D eigenvalue weighted by Gasteiger charge is 2.40. The number of rotatable bonds is 1. The molecule has 8 heteroatoms. The summed E-state index contributed by atoms with van der Waals surface area (Å²) in [4.78, 5) is 9.23. The Hall–Kier alpha value is -1.31. The summed E-state index contributed by atoms with van der Waals surface area (Å²) in [6.45, 7) is 0. The highest BCUT2D eigenvalue weighted by molar-refractivity contribution is 9.10. The Morgan fingerprint density at radius 1 is 1.40 bits per heavy atom. The molecule has 1 aromatic rings. The van der Waals surface area contributed by atoms with Gasteiger partial charge in [-0.15, -0.1) is 0 Å². The van der Waals surface area contributed by atoms with Crippen molar-refractivity contribution >= 4 is 21.6 Å². The Kier molecular flexibility index (Phi) is 2.89. The standard InChI is InChI=1S/C7H3BrF3NO3/c8-5-2-3(13)1-4(7(9,10)11)6(5)12(14)15/h1-2,13H. The number of nitro groups is 1. The fourth-order valence-corrected chi connectivity index (χ4v) is 1.58. The highest BCUT2D eigenvalue weighted by atomic mass is 79.9. The maximum atomic E-state index is 12.3. The Morgan fingerprint density at radius 3 is 2.33 bits per heavy atom. The van der Waals surface area contributed by atoms with Gasteiger partial charge >= 0.3 is 6.18 Å². The van der Waals surface area contributed by atoms with Gasteiger partial charge in [-0.2, -0.15) is 13.2 Å². The van der Waals surface area contributed by atoms with Gasteiger partial charge < -0.3 is 5.11 Å². The van der Waals surface area contributed by atoms with E-state index in [9.17, 15) is 23.3 Å². The third-order valence-corrected chi connectivity index (χ3v) is 2.14. The van der Waals surface area contributed by atoms with Gasteiger partial charge in [0.2, 0.25) is 0 Å². The van der Waals surface area contributed by atoms with Crippen LogP contribution in [0.2, 0.25) is 0 Å². The molecular weight excluding hydrogens is 283 g/mol. The number of benzene rings is 1. The fourth-order valence-electron chi connectivity index (χ4n) is 0.986. The number of aromatic hydroxyl groups is 1. The summed E-state index contributed by atoms with van der Waals surface area (Å²) in [6.07, 6.45) is -4.89. The number of phenolic OH excluding ortho intramolecular Hbond substituents is 1. The molecule has 1 aromatic carbocycles. The molecule has 1 N–H and O–H groups in total. The predicted molar refractivity (Wildman–Crippen MR) is 47.5 cm³/mol. The van der Waals surface area contributed by atoms with Crippen molar-refractivity contribution in [3.63, 3.8) is 0 Å². The lowest BCUT2D eigenvalue weighted by Gasteiger charge is -2.08. The summed E-state index contributed by atoms with van der Waals surface area (Å²) in [6, 6.07) is 1.14. The molecule has 82 valence electrons. The van der Waals surface area contributed by atoms with Crippen LogP contribution in [0.1, 0.15) is 5.56 Å². The first kappa shape index (κ1) is 11.8. The Bertz CT molecular complexity index is 419. The number of phenols is 1. The molecule has 0 aliphatic rings. The minimum atomic E-state index is -4.89. The number of hydrogen-bond acceptors (Lipinski definition) is 3. The topological polar surface area (TPSA) is 63.4 Å². The lowest BCUT2D eigenvalue weighted by Crippen LogP contribution is -2.09. The van der Waals surface area contributed by atoms with Crippen molar-refractivity contribution in [3.8, 4) is 5.75 Å². The molecule has 0 atom stereocenters. The zero-order chi connectivity index (χ0) is 11.8. The van der Waals surface area contributed by atoms with Crippen LogP contribution in [0.15, 0.2) is 16.6 Å².